The Morgan fingerprint density at radius 2 is 2.33 bits per heavy atom. The Bertz CT molecular complexity index is 296. The highest BCUT2D eigenvalue weighted by molar-refractivity contribution is 7.15. The minimum atomic E-state index is 0.177. The monoisotopic (exact) mass is 180 g/mol. The predicted molar refractivity (Wildman–Crippen MR) is 53.7 cm³/mol. The number of rotatable bonds is 2. The van der Waals surface area contributed by atoms with Gasteiger partial charge in [0.15, 0.2) is 5.13 Å². The second-order valence-electron chi connectivity index (χ2n) is 2.83. The van der Waals surface area contributed by atoms with Crippen molar-refractivity contribution in [1.82, 2.24) is 4.98 Å². The third-order valence-electron chi connectivity index (χ3n) is 1.57. The number of hydrogen-bond acceptors (Lipinski definition) is 3. The van der Waals surface area contributed by atoms with Crippen LogP contribution in [0.5, 0.6) is 0 Å². The zero-order chi connectivity index (χ0) is 9.14. The molecule has 1 aromatic heterocycles. The number of thiazole rings is 1. The molecule has 0 saturated carbocycles. The summed E-state index contributed by atoms with van der Waals surface area (Å²) in [7, 11) is 3.95. The smallest absolute Gasteiger partial charge is 0.185 e. The van der Waals surface area contributed by atoms with Crippen molar-refractivity contribution in [3.63, 3.8) is 0 Å². The van der Waals surface area contributed by atoms with Gasteiger partial charge >= 0.3 is 0 Å². The van der Waals surface area contributed by atoms with E-state index in [0.29, 0.717) is 0 Å². The van der Waals surface area contributed by atoms with Crippen LogP contribution in [0, 0.1) is 12.3 Å². The lowest BCUT2D eigenvalue weighted by atomic mass is 10.2. The van der Waals surface area contributed by atoms with Crippen LogP contribution in [-0.2, 0) is 0 Å². The molecule has 1 heterocycles. The maximum absolute atomic E-state index is 5.30. The highest BCUT2D eigenvalue weighted by atomic mass is 32.1. The fourth-order valence-corrected chi connectivity index (χ4v) is 1.62. The van der Waals surface area contributed by atoms with Crippen LogP contribution in [0.25, 0.3) is 0 Å². The van der Waals surface area contributed by atoms with Crippen molar-refractivity contribution in [2.45, 2.75) is 12.8 Å². The Morgan fingerprint density at radius 1 is 1.67 bits per heavy atom. The van der Waals surface area contributed by atoms with Gasteiger partial charge in [0.25, 0.3) is 0 Å². The van der Waals surface area contributed by atoms with Crippen LogP contribution in [0.2, 0.25) is 0 Å². The van der Waals surface area contributed by atoms with Gasteiger partial charge in [0.05, 0.1) is 5.92 Å². The van der Waals surface area contributed by atoms with Crippen molar-refractivity contribution in [2.24, 2.45) is 0 Å². The van der Waals surface area contributed by atoms with Crippen LogP contribution >= 0.6 is 11.3 Å². The number of hydrogen-bond donors (Lipinski definition) is 0. The molecule has 64 valence electrons. The molecule has 1 aromatic rings. The van der Waals surface area contributed by atoms with Gasteiger partial charge in [-0.25, -0.2) is 4.98 Å². The number of terminal acetylenes is 1. The second kappa shape index (κ2) is 3.59. The van der Waals surface area contributed by atoms with Gasteiger partial charge in [0, 0.05) is 25.2 Å². The minimum absolute atomic E-state index is 0.177. The Hall–Kier alpha value is -1.01. The Kier molecular flexibility index (Phi) is 2.72. The first-order valence-electron chi connectivity index (χ1n) is 3.74. The third kappa shape index (κ3) is 1.77. The van der Waals surface area contributed by atoms with Gasteiger partial charge in [-0.15, -0.1) is 17.8 Å². The molecule has 0 N–H and O–H groups in total. The predicted octanol–water partition coefficient (Wildman–Crippen LogP) is 1.95. The zero-order valence-electron chi connectivity index (χ0n) is 7.53. The molecule has 0 aliphatic rings. The topological polar surface area (TPSA) is 16.1 Å². The fourth-order valence-electron chi connectivity index (χ4n) is 0.766. The molecule has 2 nitrogen and oxygen atoms in total. The highest BCUT2D eigenvalue weighted by Gasteiger charge is 2.07. The fraction of sp³-hybridized carbons (Fsp3) is 0.444. The van der Waals surface area contributed by atoms with Gasteiger partial charge in [-0.1, -0.05) is 5.92 Å². The maximum Gasteiger partial charge on any atom is 0.185 e. The molecular formula is C9H12N2S. The van der Waals surface area contributed by atoms with E-state index in [1.807, 2.05) is 32.1 Å². The standard InChI is InChI=1S/C9H12N2S/c1-5-7(2)8-6-10-9(12-8)11(3)4/h1,6-7H,2-4H3. The summed E-state index contributed by atoms with van der Waals surface area (Å²) in [6, 6.07) is 0. The van der Waals surface area contributed by atoms with Crippen LogP contribution in [-0.4, -0.2) is 19.1 Å². The van der Waals surface area contributed by atoms with E-state index >= 15 is 0 Å². The first-order valence-corrected chi connectivity index (χ1v) is 4.56. The average Bonchev–Trinajstić information content (AvgIpc) is 2.51. The van der Waals surface area contributed by atoms with Crippen LogP contribution in [0.3, 0.4) is 0 Å². The van der Waals surface area contributed by atoms with Gasteiger partial charge < -0.3 is 4.90 Å². The summed E-state index contributed by atoms with van der Waals surface area (Å²) in [5.41, 5.74) is 0. The molecular weight excluding hydrogens is 168 g/mol. The summed E-state index contributed by atoms with van der Waals surface area (Å²) in [4.78, 5) is 7.37. The molecule has 0 aromatic carbocycles. The molecule has 3 heteroatoms. The Morgan fingerprint density at radius 3 is 2.75 bits per heavy atom. The first-order chi connectivity index (χ1) is 5.65. The van der Waals surface area contributed by atoms with Crippen molar-refractivity contribution >= 4 is 16.5 Å². The lowest BCUT2D eigenvalue weighted by molar-refractivity contribution is 1.03. The molecule has 0 radical (unpaired) electrons. The molecule has 1 unspecified atom stereocenters. The summed E-state index contributed by atoms with van der Waals surface area (Å²) in [6.07, 6.45) is 7.16. The molecule has 0 saturated heterocycles. The highest BCUT2D eigenvalue weighted by Crippen LogP contribution is 2.26. The summed E-state index contributed by atoms with van der Waals surface area (Å²) in [5.74, 6) is 2.86. The zero-order valence-corrected chi connectivity index (χ0v) is 8.35. The second-order valence-corrected chi connectivity index (χ2v) is 3.87. The maximum atomic E-state index is 5.30. The minimum Gasteiger partial charge on any atom is -0.354 e. The van der Waals surface area contributed by atoms with E-state index in [1.54, 1.807) is 11.3 Å². The molecule has 0 bridgehead atoms. The van der Waals surface area contributed by atoms with Crippen molar-refractivity contribution in [3.05, 3.63) is 11.1 Å². The van der Waals surface area contributed by atoms with E-state index in [-0.39, 0.29) is 5.92 Å². The molecule has 0 aliphatic carbocycles. The van der Waals surface area contributed by atoms with Crippen molar-refractivity contribution in [2.75, 3.05) is 19.0 Å². The average molecular weight is 180 g/mol. The number of nitrogens with zero attached hydrogens (tertiary/aromatic N) is 2. The van der Waals surface area contributed by atoms with E-state index in [1.165, 1.54) is 0 Å². The number of anilines is 1. The normalized spacial score (nSPS) is 12.2. The first kappa shape index (κ1) is 9.08. The van der Waals surface area contributed by atoms with Gasteiger partial charge in [-0.05, 0) is 6.92 Å². The number of aromatic nitrogens is 1. The molecule has 0 aliphatic heterocycles. The lowest BCUT2D eigenvalue weighted by Gasteiger charge is -2.05. The van der Waals surface area contributed by atoms with Crippen LogP contribution in [0.1, 0.15) is 17.7 Å². The quantitative estimate of drug-likeness (QED) is 0.647. The summed E-state index contributed by atoms with van der Waals surface area (Å²) >= 11 is 1.65. The van der Waals surface area contributed by atoms with Crippen molar-refractivity contribution < 1.29 is 0 Å². The third-order valence-corrected chi connectivity index (χ3v) is 2.92. The SMILES string of the molecule is C#CC(C)c1cnc(N(C)C)s1. The lowest BCUT2D eigenvalue weighted by Crippen LogP contribution is -2.07. The summed E-state index contributed by atoms with van der Waals surface area (Å²) in [5, 5.41) is 1.01. The molecule has 0 spiro atoms. The van der Waals surface area contributed by atoms with Gasteiger partial charge in [0.2, 0.25) is 0 Å². The summed E-state index contributed by atoms with van der Waals surface area (Å²) in [6.45, 7) is 2.01. The Balaban J connectivity index is 2.86. The molecule has 1 atom stereocenters. The molecule has 0 fully saturated rings. The molecule has 0 amide bonds. The van der Waals surface area contributed by atoms with Gasteiger partial charge in [-0.3, -0.25) is 0 Å². The van der Waals surface area contributed by atoms with E-state index < -0.39 is 0 Å². The van der Waals surface area contributed by atoms with Crippen LogP contribution in [0.15, 0.2) is 6.20 Å². The van der Waals surface area contributed by atoms with Crippen molar-refractivity contribution in [1.29, 1.82) is 0 Å². The van der Waals surface area contributed by atoms with Gasteiger partial charge in [-0.2, -0.15) is 0 Å². The van der Waals surface area contributed by atoms with E-state index in [4.69, 9.17) is 6.42 Å². The molecule has 12 heavy (non-hydrogen) atoms. The van der Waals surface area contributed by atoms with Crippen LogP contribution < -0.4 is 4.90 Å². The van der Waals surface area contributed by atoms with Gasteiger partial charge in [0.1, 0.15) is 0 Å². The van der Waals surface area contributed by atoms with E-state index in [9.17, 15) is 0 Å². The molecule has 1 rings (SSSR count). The summed E-state index contributed by atoms with van der Waals surface area (Å²) < 4.78 is 0. The van der Waals surface area contributed by atoms with E-state index in [0.717, 1.165) is 10.0 Å². The van der Waals surface area contributed by atoms with Crippen LogP contribution in [0.4, 0.5) is 5.13 Å². The van der Waals surface area contributed by atoms with Crippen molar-refractivity contribution in [3.8, 4) is 12.3 Å². The largest absolute Gasteiger partial charge is 0.354 e. The Labute approximate surface area is 77.2 Å². The van der Waals surface area contributed by atoms with E-state index in [2.05, 4.69) is 10.9 Å².